The molecule has 2 atom stereocenters. The molecular weight excluding hydrogens is 370 g/mol. The van der Waals surface area contributed by atoms with Crippen molar-refractivity contribution in [1.82, 2.24) is 0 Å². The Hall–Kier alpha value is -0.603. The highest BCUT2D eigenvalue weighted by atomic mass is 32.2. The first-order chi connectivity index (χ1) is 11.5. The van der Waals surface area contributed by atoms with E-state index in [2.05, 4.69) is 50.8 Å². The van der Waals surface area contributed by atoms with Gasteiger partial charge in [0.25, 0.3) is 10.1 Å². The van der Waals surface area contributed by atoms with Crippen molar-refractivity contribution in [3.8, 4) is 0 Å². The van der Waals surface area contributed by atoms with Gasteiger partial charge in [-0.15, -0.1) is 0 Å². The van der Waals surface area contributed by atoms with E-state index in [9.17, 15) is 8.42 Å². The topological polar surface area (TPSA) is 101 Å². The van der Waals surface area contributed by atoms with Crippen LogP contribution in [0.5, 0.6) is 0 Å². The molecule has 0 aromatic carbocycles. The zero-order valence-corrected chi connectivity index (χ0v) is 19.7. The van der Waals surface area contributed by atoms with Crippen molar-refractivity contribution in [2.24, 2.45) is 11.0 Å². The van der Waals surface area contributed by atoms with Crippen LogP contribution in [0.3, 0.4) is 0 Å². The van der Waals surface area contributed by atoms with Gasteiger partial charge in [-0.2, -0.15) is 8.42 Å². The van der Waals surface area contributed by atoms with E-state index in [4.69, 9.17) is 14.1 Å². The summed E-state index contributed by atoms with van der Waals surface area (Å²) >= 11 is 0. The molecule has 0 aromatic heterocycles. The fraction of sp³-hybridized carbons (Fsp3) is 1.00. The van der Waals surface area contributed by atoms with Gasteiger partial charge in [0.2, 0.25) is 0 Å². The Morgan fingerprint density at radius 1 is 1.12 bits per heavy atom. The second kappa shape index (κ2) is 9.55. The first kappa shape index (κ1) is 25.4. The molecule has 0 aliphatic carbocycles. The van der Waals surface area contributed by atoms with E-state index in [0.717, 1.165) is 19.1 Å². The number of hydrogen-bond acceptors (Lipinski definition) is 5. The molecule has 0 amide bonds. The van der Waals surface area contributed by atoms with Crippen LogP contribution in [0.15, 0.2) is 5.11 Å². The fourth-order valence-electron chi connectivity index (χ4n) is 2.22. The summed E-state index contributed by atoms with van der Waals surface area (Å²) in [6, 6.07) is 0. The van der Waals surface area contributed by atoms with Gasteiger partial charge in [0.05, 0.1) is 17.9 Å². The van der Waals surface area contributed by atoms with E-state index in [-0.39, 0.29) is 5.04 Å². The van der Waals surface area contributed by atoms with E-state index in [1.54, 1.807) is 13.8 Å². The first-order valence-electron chi connectivity index (χ1n) is 9.10. The molecule has 0 N–H and O–H groups in total. The third kappa shape index (κ3) is 9.37. The van der Waals surface area contributed by atoms with Crippen molar-refractivity contribution in [2.45, 2.75) is 90.6 Å². The lowest BCUT2D eigenvalue weighted by molar-refractivity contribution is 0.119. The number of rotatable bonds is 11. The van der Waals surface area contributed by atoms with Gasteiger partial charge in [-0.3, -0.25) is 4.18 Å². The van der Waals surface area contributed by atoms with Crippen LogP contribution in [-0.4, -0.2) is 41.2 Å². The Balaban J connectivity index is 4.71. The van der Waals surface area contributed by atoms with Crippen LogP contribution in [0.1, 0.15) is 60.8 Å². The van der Waals surface area contributed by atoms with Crippen LogP contribution in [-0.2, 0) is 18.7 Å². The standard InChI is InChI=1S/C17H37N3O4SSi/c1-14(12-13-23-26(8,9)16(2,3)4)10-11-15(24-25(7,21)22)17(5,6)19-20-18/h14-15H,10-13H2,1-9H3. The second-order valence-electron chi connectivity index (χ2n) is 9.21. The quantitative estimate of drug-likeness (QED) is 0.153. The van der Waals surface area contributed by atoms with Gasteiger partial charge in [0.15, 0.2) is 8.32 Å². The molecule has 0 aromatic rings. The highest BCUT2D eigenvalue weighted by Gasteiger charge is 2.37. The van der Waals surface area contributed by atoms with Crippen LogP contribution < -0.4 is 0 Å². The lowest BCUT2D eigenvalue weighted by Gasteiger charge is -2.36. The van der Waals surface area contributed by atoms with Crippen molar-refractivity contribution < 1.29 is 17.0 Å². The molecule has 154 valence electrons. The van der Waals surface area contributed by atoms with Crippen LogP contribution in [0.25, 0.3) is 10.4 Å². The summed E-state index contributed by atoms with van der Waals surface area (Å²) in [7, 11) is -5.38. The van der Waals surface area contributed by atoms with E-state index in [0.29, 0.717) is 18.9 Å². The minimum absolute atomic E-state index is 0.185. The zero-order chi connectivity index (χ0) is 20.8. The van der Waals surface area contributed by atoms with Crippen molar-refractivity contribution in [3.63, 3.8) is 0 Å². The third-order valence-corrected chi connectivity index (χ3v) is 10.3. The van der Waals surface area contributed by atoms with E-state index >= 15 is 0 Å². The summed E-state index contributed by atoms with van der Waals surface area (Å²) in [6.45, 7) is 17.3. The molecule has 0 rings (SSSR count). The van der Waals surface area contributed by atoms with Crippen LogP contribution in [0.2, 0.25) is 18.1 Å². The molecule has 0 bridgehead atoms. The average molecular weight is 408 g/mol. The van der Waals surface area contributed by atoms with E-state index in [1.165, 1.54) is 0 Å². The molecule has 0 radical (unpaired) electrons. The Morgan fingerprint density at radius 2 is 1.65 bits per heavy atom. The summed E-state index contributed by atoms with van der Waals surface area (Å²) in [5.41, 5.74) is 7.79. The number of hydrogen-bond donors (Lipinski definition) is 0. The lowest BCUT2D eigenvalue weighted by Crippen LogP contribution is -2.41. The zero-order valence-electron chi connectivity index (χ0n) is 17.9. The number of nitrogens with zero attached hydrogens (tertiary/aromatic N) is 3. The van der Waals surface area contributed by atoms with Gasteiger partial charge >= 0.3 is 0 Å². The SMILES string of the molecule is CC(CCO[Si](C)(C)C(C)(C)C)CCC(OS(C)(=O)=O)C(C)(C)N=[N+]=[N-]. The molecule has 0 aliphatic rings. The molecule has 0 saturated heterocycles. The van der Waals surface area contributed by atoms with Crippen molar-refractivity contribution in [2.75, 3.05) is 12.9 Å². The largest absolute Gasteiger partial charge is 0.417 e. The maximum Gasteiger partial charge on any atom is 0.264 e. The molecule has 0 fully saturated rings. The van der Waals surface area contributed by atoms with Gasteiger partial charge in [0.1, 0.15) is 0 Å². The normalized spacial score (nSPS) is 16.0. The maximum absolute atomic E-state index is 11.5. The third-order valence-electron chi connectivity index (χ3n) is 5.18. The Labute approximate surface area is 160 Å². The van der Waals surface area contributed by atoms with Crippen LogP contribution in [0.4, 0.5) is 0 Å². The Bertz CT molecular complexity index is 594. The highest BCUT2D eigenvalue weighted by molar-refractivity contribution is 7.86. The van der Waals surface area contributed by atoms with Gasteiger partial charge in [-0.1, -0.05) is 46.7 Å². The highest BCUT2D eigenvalue weighted by Crippen LogP contribution is 2.36. The van der Waals surface area contributed by atoms with Gasteiger partial charge in [0, 0.05) is 11.5 Å². The summed E-state index contributed by atoms with van der Waals surface area (Å²) in [5.74, 6) is 0.354. The molecule has 0 heterocycles. The fourth-order valence-corrected chi connectivity index (χ4v) is 4.04. The first-order valence-corrected chi connectivity index (χ1v) is 13.8. The molecule has 2 unspecified atom stereocenters. The monoisotopic (exact) mass is 407 g/mol. The minimum Gasteiger partial charge on any atom is -0.417 e. The van der Waals surface area contributed by atoms with Crippen LogP contribution in [0, 0.1) is 5.92 Å². The molecule has 0 spiro atoms. The predicted octanol–water partition coefficient (Wildman–Crippen LogP) is 5.25. The molecular formula is C17H37N3O4SSi. The number of azide groups is 1. The smallest absolute Gasteiger partial charge is 0.264 e. The summed E-state index contributed by atoms with van der Waals surface area (Å²) in [6.07, 6.45) is 2.51. The maximum atomic E-state index is 11.5. The molecule has 0 saturated carbocycles. The van der Waals surface area contributed by atoms with Crippen molar-refractivity contribution in [3.05, 3.63) is 10.4 Å². The van der Waals surface area contributed by atoms with E-state index in [1.807, 2.05) is 0 Å². The van der Waals surface area contributed by atoms with Gasteiger partial charge in [-0.05, 0) is 48.8 Å². The van der Waals surface area contributed by atoms with Crippen molar-refractivity contribution in [1.29, 1.82) is 0 Å². The Kier molecular flexibility index (Phi) is 9.33. The van der Waals surface area contributed by atoms with Crippen molar-refractivity contribution >= 4 is 18.4 Å². The lowest BCUT2D eigenvalue weighted by atomic mass is 9.91. The van der Waals surface area contributed by atoms with Gasteiger partial charge in [-0.25, -0.2) is 0 Å². The average Bonchev–Trinajstić information content (AvgIpc) is 2.40. The molecule has 9 heteroatoms. The minimum atomic E-state index is -3.63. The second-order valence-corrected chi connectivity index (χ2v) is 15.6. The van der Waals surface area contributed by atoms with E-state index < -0.39 is 30.1 Å². The summed E-state index contributed by atoms with van der Waals surface area (Å²) in [4.78, 5) is 2.82. The summed E-state index contributed by atoms with van der Waals surface area (Å²) in [5, 5.41) is 3.90. The summed E-state index contributed by atoms with van der Waals surface area (Å²) < 4.78 is 34.5. The molecule has 0 aliphatic heterocycles. The predicted molar refractivity (Wildman–Crippen MR) is 109 cm³/mol. The Morgan fingerprint density at radius 3 is 2.08 bits per heavy atom. The van der Waals surface area contributed by atoms with Crippen LogP contribution >= 0.6 is 0 Å². The molecule has 26 heavy (non-hydrogen) atoms. The molecule has 7 nitrogen and oxygen atoms in total. The van der Waals surface area contributed by atoms with Gasteiger partial charge < -0.3 is 4.43 Å².